The summed E-state index contributed by atoms with van der Waals surface area (Å²) in [6.07, 6.45) is 8.16. The smallest absolute Gasteiger partial charge is 0.314 e. The number of carbonyl (C=O) groups is 2. The van der Waals surface area contributed by atoms with E-state index in [0.29, 0.717) is 6.61 Å². The molecule has 1 aromatic carbocycles. The third kappa shape index (κ3) is 4.20. The predicted octanol–water partition coefficient (Wildman–Crippen LogP) is 6.04. The second-order valence-electron chi connectivity index (χ2n) is 10.8. The van der Waals surface area contributed by atoms with Gasteiger partial charge in [-0.3, -0.25) is 9.59 Å². The minimum atomic E-state index is -0.708. The molecule has 1 spiro atoms. The van der Waals surface area contributed by atoms with Crippen LogP contribution in [-0.2, 0) is 14.3 Å². The molecule has 0 aromatic heterocycles. The number of methoxy groups -OCH3 is 1. The zero-order valence-corrected chi connectivity index (χ0v) is 20.6. The van der Waals surface area contributed by atoms with Crippen molar-refractivity contribution in [3.63, 3.8) is 0 Å². The van der Waals surface area contributed by atoms with Crippen LogP contribution in [0.3, 0.4) is 0 Å². The van der Waals surface area contributed by atoms with Crippen molar-refractivity contribution < 1.29 is 19.1 Å². The second kappa shape index (κ2) is 8.38. The van der Waals surface area contributed by atoms with Gasteiger partial charge in [-0.2, -0.15) is 0 Å². The highest BCUT2D eigenvalue weighted by Crippen LogP contribution is 2.57. The lowest BCUT2D eigenvalue weighted by Crippen LogP contribution is -2.41. The van der Waals surface area contributed by atoms with Crippen molar-refractivity contribution in [3.8, 4) is 5.75 Å². The minimum absolute atomic E-state index is 0.0682. The fourth-order valence-electron chi connectivity index (χ4n) is 4.77. The number of allylic oxidation sites excluding steroid dienone is 5. The first-order chi connectivity index (χ1) is 14.8. The van der Waals surface area contributed by atoms with Gasteiger partial charge in [-0.1, -0.05) is 78.0 Å². The average Bonchev–Trinajstić information content (AvgIpc) is 3.06. The van der Waals surface area contributed by atoms with Gasteiger partial charge in [0.1, 0.15) is 5.75 Å². The van der Waals surface area contributed by atoms with E-state index in [2.05, 4.69) is 59.8 Å². The first-order valence-corrected chi connectivity index (χ1v) is 11.4. The Morgan fingerprint density at radius 1 is 0.938 bits per heavy atom. The number of ether oxygens (including phenoxy) is 2. The van der Waals surface area contributed by atoms with Crippen molar-refractivity contribution in [2.45, 2.75) is 54.4 Å². The molecule has 0 aliphatic heterocycles. The van der Waals surface area contributed by atoms with E-state index in [-0.39, 0.29) is 28.5 Å². The van der Waals surface area contributed by atoms with Crippen LogP contribution in [0.5, 0.6) is 5.75 Å². The Hall–Kier alpha value is -2.62. The highest BCUT2D eigenvalue weighted by molar-refractivity contribution is 6.11. The van der Waals surface area contributed by atoms with Gasteiger partial charge < -0.3 is 9.47 Å². The summed E-state index contributed by atoms with van der Waals surface area (Å²) >= 11 is 0. The molecule has 2 aliphatic carbocycles. The van der Waals surface area contributed by atoms with Crippen LogP contribution in [-0.4, -0.2) is 25.5 Å². The Kier molecular flexibility index (Phi) is 6.29. The molecule has 0 radical (unpaired) electrons. The topological polar surface area (TPSA) is 52.6 Å². The van der Waals surface area contributed by atoms with E-state index in [1.54, 1.807) is 7.11 Å². The van der Waals surface area contributed by atoms with E-state index in [0.717, 1.165) is 22.5 Å². The van der Waals surface area contributed by atoms with Crippen molar-refractivity contribution >= 4 is 11.8 Å². The molecule has 0 saturated carbocycles. The van der Waals surface area contributed by atoms with Crippen molar-refractivity contribution in [3.05, 3.63) is 65.3 Å². The lowest BCUT2D eigenvalue weighted by atomic mass is 9.59. The minimum Gasteiger partial charge on any atom is -0.497 e. The van der Waals surface area contributed by atoms with Gasteiger partial charge in [-0.15, -0.1) is 0 Å². The number of carbonyl (C=O) groups excluding carboxylic acids is 2. The number of benzene rings is 1. The zero-order chi connectivity index (χ0) is 23.9. The Bertz CT molecular complexity index is 944. The first-order valence-electron chi connectivity index (χ1n) is 11.4. The highest BCUT2D eigenvalue weighted by atomic mass is 16.5. The Morgan fingerprint density at radius 3 is 1.91 bits per heavy atom. The lowest BCUT2D eigenvalue weighted by Gasteiger charge is -2.43. The van der Waals surface area contributed by atoms with Crippen LogP contribution in [0.4, 0.5) is 0 Å². The Labute approximate surface area is 192 Å². The monoisotopic (exact) mass is 436 g/mol. The lowest BCUT2D eigenvalue weighted by molar-refractivity contribution is -0.148. The summed E-state index contributed by atoms with van der Waals surface area (Å²) in [6.45, 7) is 14.5. The van der Waals surface area contributed by atoms with Gasteiger partial charge in [-0.25, -0.2) is 0 Å². The van der Waals surface area contributed by atoms with Crippen molar-refractivity contribution in [2.24, 2.45) is 22.2 Å². The maximum atomic E-state index is 13.6. The number of hydrogen-bond donors (Lipinski definition) is 0. The highest BCUT2D eigenvalue weighted by Gasteiger charge is 2.53. The average molecular weight is 437 g/mol. The van der Waals surface area contributed by atoms with E-state index in [1.165, 1.54) is 0 Å². The predicted molar refractivity (Wildman–Crippen MR) is 128 cm³/mol. The van der Waals surface area contributed by atoms with E-state index in [4.69, 9.17) is 9.47 Å². The van der Waals surface area contributed by atoms with Gasteiger partial charge >= 0.3 is 5.97 Å². The number of esters is 1. The van der Waals surface area contributed by atoms with Crippen LogP contribution in [0.15, 0.2) is 59.7 Å². The molecular weight excluding hydrogens is 400 g/mol. The molecule has 4 nitrogen and oxygen atoms in total. The molecule has 0 amide bonds. The molecule has 1 aromatic rings. The molecule has 4 heteroatoms. The molecule has 0 N–H and O–H groups in total. The van der Waals surface area contributed by atoms with Gasteiger partial charge in [0.25, 0.3) is 0 Å². The molecule has 0 bridgehead atoms. The maximum absolute atomic E-state index is 13.6. The SMILES string of the molecule is CCOC(=O)[C@H]1C=C[C@@H](c2ccc(OC)cc2)C12C=C(C(C)(C)C)C(=O)C(C(C)(C)C)=C2. The largest absolute Gasteiger partial charge is 0.497 e. The third-order valence-corrected chi connectivity index (χ3v) is 6.48. The number of rotatable bonds is 4. The van der Waals surface area contributed by atoms with E-state index in [9.17, 15) is 9.59 Å². The number of ketones is 1. The summed E-state index contributed by atoms with van der Waals surface area (Å²) in [5, 5.41) is 0. The standard InChI is InChI=1S/C28H36O4/c1-9-32-25(30)21-15-14-20(18-10-12-19(31-8)13-11-18)28(21)16-22(26(2,3)4)24(29)23(17-28)27(5,6)7/h10-17,20-21H,9H2,1-8H3/t20-,21+/m0/s1. The summed E-state index contributed by atoms with van der Waals surface area (Å²) in [7, 11) is 1.65. The van der Waals surface area contributed by atoms with Gasteiger partial charge in [0.2, 0.25) is 0 Å². The molecule has 0 unspecified atom stereocenters. The zero-order valence-electron chi connectivity index (χ0n) is 20.6. The quantitative estimate of drug-likeness (QED) is 0.426. The van der Waals surface area contributed by atoms with Crippen LogP contribution in [0.1, 0.15) is 59.9 Å². The van der Waals surface area contributed by atoms with Gasteiger partial charge in [-0.05, 0) is 35.4 Å². The summed E-state index contributed by atoms with van der Waals surface area (Å²) in [5.74, 6) is -0.0212. The molecule has 0 heterocycles. The molecule has 0 fully saturated rings. The van der Waals surface area contributed by atoms with E-state index >= 15 is 0 Å². The fourth-order valence-corrected chi connectivity index (χ4v) is 4.77. The maximum Gasteiger partial charge on any atom is 0.314 e. The van der Waals surface area contributed by atoms with E-state index < -0.39 is 11.3 Å². The molecule has 2 atom stereocenters. The molecular formula is C28H36O4. The first kappa shape index (κ1) is 24.0. The van der Waals surface area contributed by atoms with Crippen molar-refractivity contribution in [2.75, 3.05) is 13.7 Å². The third-order valence-electron chi connectivity index (χ3n) is 6.48. The van der Waals surface area contributed by atoms with Crippen LogP contribution >= 0.6 is 0 Å². The van der Waals surface area contributed by atoms with Gasteiger partial charge in [0.15, 0.2) is 5.78 Å². The summed E-state index contributed by atoms with van der Waals surface area (Å²) in [5.41, 5.74) is 1.14. The van der Waals surface area contributed by atoms with Crippen molar-refractivity contribution in [1.82, 2.24) is 0 Å². The fraction of sp³-hybridized carbons (Fsp3) is 0.500. The number of hydrogen-bond acceptors (Lipinski definition) is 4. The van der Waals surface area contributed by atoms with Crippen molar-refractivity contribution in [1.29, 1.82) is 0 Å². The van der Waals surface area contributed by atoms with Crippen LogP contribution < -0.4 is 4.74 Å². The molecule has 3 rings (SSSR count). The van der Waals surface area contributed by atoms with E-state index in [1.807, 2.05) is 37.3 Å². The molecule has 172 valence electrons. The van der Waals surface area contributed by atoms with Gasteiger partial charge in [0, 0.05) is 22.5 Å². The molecule has 2 aliphatic rings. The number of Topliss-reactive ketones (excluding diaryl/α,β-unsaturated/α-hetero) is 1. The Morgan fingerprint density at radius 2 is 1.47 bits per heavy atom. The van der Waals surface area contributed by atoms with Crippen LogP contribution in [0, 0.1) is 22.2 Å². The summed E-state index contributed by atoms with van der Waals surface area (Å²) < 4.78 is 10.8. The normalized spacial score (nSPS) is 22.6. The van der Waals surface area contributed by atoms with Crippen LogP contribution in [0.2, 0.25) is 0 Å². The summed E-state index contributed by atoms with van der Waals surface area (Å²) in [6, 6.07) is 7.94. The molecule has 32 heavy (non-hydrogen) atoms. The molecule has 0 saturated heterocycles. The Balaban J connectivity index is 2.29. The second-order valence-corrected chi connectivity index (χ2v) is 10.8. The summed E-state index contributed by atoms with van der Waals surface area (Å²) in [4.78, 5) is 26.8. The van der Waals surface area contributed by atoms with Gasteiger partial charge in [0.05, 0.1) is 19.6 Å². The van der Waals surface area contributed by atoms with Crippen LogP contribution in [0.25, 0.3) is 0 Å².